The van der Waals surface area contributed by atoms with Crippen molar-refractivity contribution in [1.82, 2.24) is 9.55 Å². The zero-order chi connectivity index (χ0) is 21.5. The van der Waals surface area contributed by atoms with Crippen LogP contribution < -0.4 is 0 Å². The van der Waals surface area contributed by atoms with Gasteiger partial charge in [0.05, 0.1) is 29.7 Å². The molecule has 30 heavy (non-hydrogen) atoms. The van der Waals surface area contributed by atoms with E-state index in [1.807, 2.05) is 26.0 Å². The highest BCUT2D eigenvalue weighted by molar-refractivity contribution is 6.31. The molecule has 0 N–H and O–H groups in total. The van der Waals surface area contributed by atoms with Crippen LogP contribution in [-0.2, 0) is 17.7 Å². The fraction of sp³-hybridized carbons (Fsp3) is 0.440. The molecule has 0 aliphatic rings. The van der Waals surface area contributed by atoms with Gasteiger partial charge in [0.2, 0.25) is 0 Å². The van der Waals surface area contributed by atoms with Gasteiger partial charge in [0.25, 0.3) is 0 Å². The average Bonchev–Trinajstić information content (AvgIpc) is 3.04. The Morgan fingerprint density at radius 2 is 1.87 bits per heavy atom. The zero-order valence-corrected chi connectivity index (χ0v) is 19.0. The van der Waals surface area contributed by atoms with Crippen LogP contribution in [0, 0.1) is 6.92 Å². The Bertz CT molecular complexity index is 1010. The summed E-state index contributed by atoms with van der Waals surface area (Å²) in [5.41, 5.74) is 4.65. The molecule has 0 saturated carbocycles. The molecule has 3 rings (SSSR count). The number of benzene rings is 2. The number of halogens is 1. The molecule has 4 nitrogen and oxygen atoms in total. The van der Waals surface area contributed by atoms with Crippen LogP contribution in [0.25, 0.3) is 11.0 Å². The minimum absolute atomic E-state index is 0.314. The van der Waals surface area contributed by atoms with E-state index in [-0.39, 0.29) is 5.97 Å². The number of ether oxygens (including phenoxy) is 1. The molecule has 2 aromatic carbocycles. The third kappa shape index (κ3) is 5.42. The van der Waals surface area contributed by atoms with Crippen LogP contribution in [0.3, 0.4) is 0 Å². The van der Waals surface area contributed by atoms with Gasteiger partial charge in [-0.1, -0.05) is 56.3 Å². The number of aromatic nitrogens is 2. The number of hydrogen-bond donors (Lipinski definition) is 0. The van der Waals surface area contributed by atoms with Gasteiger partial charge in [-0.25, -0.2) is 9.78 Å². The minimum atomic E-state index is -0.314. The number of carbonyl (C=O) groups is 1. The first-order valence-electron chi connectivity index (χ1n) is 10.9. The van der Waals surface area contributed by atoms with Crippen LogP contribution in [0.2, 0.25) is 5.02 Å². The number of hydrogen-bond acceptors (Lipinski definition) is 3. The zero-order valence-electron chi connectivity index (χ0n) is 18.2. The van der Waals surface area contributed by atoms with E-state index in [1.54, 1.807) is 6.07 Å². The Labute approximate surface area is 184 Å². The van der Waals surface area contributed by atoms with Crippen LogP contribution in [-0.4, -0.2) is 22.1 Å². The molecule has 0 atom stereocenters. The van der Waals surface area contributed by atoms with E-state index < -0.39 is 0 Å². The molecule has 0 aliphatic carbocycles. The number of unbranched alkanes of at least 4 members (excludes halogenated alkanes) is 4. The number of carbonyl (C=O) groups excluding carboxylic acids is 1. The second-order valence-corrected chi connectivity index (χ2v) is 8.17. The van der Waals surface area contributed by atoms with Gasteiger partial charge in [-0.3, -0.25) is 0 Å². The van der Waals surface area contributed by atoms with E-state index in [0.29, 0.717) is 18.7 Å². The lowest BCUT2D eigenvalue weighted by Crippen LogP contribution is -2.06. The smallest absolute Gasteiger partial charge is 0.338 e. The van der Waals surface area contributed by atoms with Crippen molar-refractivity contribution >= 4 is 28.6 Å². The van der Waals surface area contributed by atoms with Crippen molar-refractivity contribution in [3.8, 4) is 0 Å². The maximum atomic E-state index is 12.1. The molecule has 3 aromatic rings. The van der Waals surface area contributed by atoms with Crippen molar-refractivity contribution in [2.45, 2.75) is 65.8 Å². The third-order valence-corrected chi connectivity index (χ3v) is 5.82. The molecule has 0 radical (unpaired) electrons. The van der Waals surface area contributed by atoms with Gasteiger partial charge in [-0.15, -0.1) is 0 Å². The summed E-state index contributed by atoms with van der Waals surface area (Å²) >= 11 is 6.63. The van der Waals surface area contributed by atoms with E-state index in [0.717, 1.165) is 33.9 Å². The number of esters is 1. The van der Waals surface area contributed by atoms with Gasteiger partial charge in [-0.05, 0) is 62.1 Å². The molecule has 1 heterocycles. The first-order chi connectivity index (χ1) is 14.5. The minimum Gasteiger partial charge on any atom is -0.462 e. The Morgan fingerprint density at radius 3 is 2.60 bits per heavy atom. The van der Waals surface area contributed by atoms with Crippen molar-refractivity contribution < 1.29 is 9.53 Å². The summed E-state index contributed by atoms with van der Waals surface area (Å²) in [4.78, 5) is 16.8. The van der Waals surface area contributed by atoms with Gasteiger partial charge in [0.1, 0.15) is 5.82 Å². The van der Waals surface area contributed by atoms with Crippen LogP contribution in [0.15, 0.2) is 36.4 Å². The monoisotopic (exact) mass is 426 g/mol. The van der Waals surface area contributed by atoms with Crippen molar-refractivity contribution in [2.75, 3.05) is 6.61 Å². The number of fused-ring (bicyclic) bond motifs is 1. The first-order valence-corrected chi connectivity index (χ1v) is 11.3. The Kier molecular flexibility index (Phi) is 7.92. The molecular formula is C25H31ClN2O2. The van der Waals surface area contributed by atoms with Crippen LogP contribution in [0.5, 0.6) is 0 Å². The lowest BCUT2D eigenvalue weighted by molar-refractivity contribution is 0.0526. The van der Waals surface area contributed by atoms with Crippen LogP contribution >= 0.6 is 11.6 Å². The summed E-state index contributed by atoms with van der Waals surface area (Å²) in [5, 5.41) is 0.781. The van der Waals surface area contributed by atoms with Crippen molar-refractivity contribution in [1.29, 1.82) is 0 Å². The predicted octanol–water partition coefficient (Wildman–Crippen LogP) is 6.74. The van der Waals surface area contributed by atoms with Gasteiger partial charge in [0, 0.05) is 5.02 Å². The number of imidazole rings is 1. The lowest BCUT2D eigenvalue weighted by Gasteiger charge is -2.11. The number of rotatable bonds is 10. The van der Waals surface area contributed by atoms with E-state index in [9.17, 15) is 4.79 Å². The van der Waals surface area contributed by atoms with E-state index >= 15 is 0 Å². The van der Waals surface area contributed by atoms with Crippen molar-refractivity contribution in [3.63, 3.8) is 0 Å². The van der Waals surface area contributed by atoms with Gasteiger partial charge in [0.15, 0.2) is 0 Å². The molecule has 0 saturated heterocycles. The Hall–Kier alpha value is -2.33. The lowest BCUT2D eigenvalue weighted by atomic mass is 10.0. The normalized spacial score (nSPS) is 11.2. The Morgan fingerprint density at radius 1 is 1.07 bits per heavy atom. The van der Waals surface area contributed by atoms with E-state index in [1.165, 1.54) is 37.7 Å². The molecule has 5 heteroatoms. The van der Waals surface area contributed by atoms with Crippen LogP contribution in [0.1, 0.15) is 73.3 Å². The summed E-state index contributed by atoms with van der Waals surface area (Å²) in [6.07, 6.45) is 7.44. The van der Waals surface area contributed by atoms with Gasteiger partial charge < -0.3 is 9.30 Å². The molecule has 0 bridgehead atoms. The SMILES string of the molecule is CCCCCCCc1ccc(Cn2c(C)nc3ccc(C(=O)OCC)cc32)c(Cl)c1. The number of nitrogens with zero attached hydrogens (tertiary/aromatic N) is 2. The highest BCUT2D eigenvalue weighted by Gasteiger charge is 2.14. The summed E-state index contributed by atoms with van der Waals surface area (Å²) in [6, 6.07) is 11.9. The second kappa shape index (κ2) is 10.6. The fourth-order valence-corrected chi connectivity index (χ4v) is 4.02. The quantitative estimate of drug-likeness (QED) is 0.266. The molecule has 1 aromatic heterocycles. The largest absolute Gasteiger partial charge is 0.462 e. The second-order valence-electron chi connectivity index (χ2n) is 7.76. The molecule has 0 spiro atoms. The molecular weight excluding hydrogens is 396 g/mol. The highest BCUT2D eigenvalue weighted by atomic mass is 35.5. The maximum absolute atomic E-state index is 12.1. The maximum Gasteiger partial charge on any atom is 0.338 e. The van der Waals surface area contributed by atoms with Crippen LogP contribution in [0.4, 0.5) is 0 Å². The van der Waals surface area contributed by atoms with Crippen molar-refractivity contribution in [2.24, 2.45) is 0 Å². The molecule has 0 amide bonds. The first kappa shape index (κ1) is 22.4. The summed E-state index contributed by atoms with van der Waals surface area (Å²) in [5.74, 6) is 0.577. The topological polar surface area (TPSA) is 44.1 Å². The number of aryl methyl sites for hydroxylation is 2. The van der Waals surface area contributed by atoms with E-state index in [2.05, 4.69) is 34.7 Å². The molecule has 160 valence electrons. The average molecular weight is 427 g/mol. The third-order valence-electron chi connectivity index (χ3n) is 5.47. The fourth-order valence-electron chi connectivity index (χ4n) is 3.76. The van der Waals surface area contributed by atoms with Gasteiger partial charge in [-0.2, -0.15) is 0 Å². The predicted molar refractivity (Wildman–Crippen MR) is 123 cm³/mol. The summed E-state index contributed by atoms with van der Waals surface area (Å²) in [6.45, 7) is 6.99. The van der Waals surface area contributed by atoms with Crippen molar-refractivity contribution in [3.05, 3.63) is 63.9 Å². The summed E-state index contributed by atoms with van der Waals surface area (Å²) in [7, 11) is 0. The standard InChI is InChI=1S/C25H31ClN2O2/c1-4-6-7-8-9-10-19-11-12-21(22(26)15-19)17-28-18(3)27-23-14-13-20(16-24(23)28)25(29)30-5-2/h11-16H,4-10,17H2,1-3H3. The summed E-state index contributed by atoms with van der Waals surface area (Å²) < 4.78 is 7.24. The highest BCUT2D eigenvalue weighted by Crippen LogP contribution is 2.24. The Balaban J connectivity index is 1.77. The van der Waals surface area contributed by atoms with Gasteiger partial charge >= 0.3 is 5.97 Å². The molecule has 0 aliphatic heterocycles. The molecule has 0 unspecified atom stereocenters. The molecule has 0 fully saturated rings. The van der Waals surface area contributed by atoms with E-state index in [4.69, 9.17) is 16.3 Å².